The molecule has 0 aliphatic carbocycles. The molecular weight excluding hydrogens is 434 g/mol. The minimum absolute atomic E-state index is 0.0106. The van der Waals surface area contributed by atoms with E-state index in [4.69, 9.17) is 0 Å². The SMILES string of the molecule is [NH3+]S(=O)(=O)c1ccc([C@@H]2CCc3ccccc3N(Cc3ccc4ncccc4c3)C2=O)cc1. The Balaban J connectivity index is 1.52. The first-order chi connectivity index (χ1) is 15.9. The fraction of sp³-hybridized carbons (Fsp3) is 0.154. The van der Waals surface area contributed by atoms with E-state index in [9.17, 15) is 13.2 Å². The van der Waals surface area contributed by atoms with Gasteiger partial charge in [0.2, 0.25) is 5.91 Å². The highest BCUT2D eigenvalue weighted by Gasteiger charge is 2.31. The summed E-state index contributed by atoms with van der Waals surface area (Å²) in [4.78, 5) is 20.2. The molecule has 0 unspecified atom stereocenters. The van der Waals surface area contributed by atoms with Crippen LogP contribution in [0.1, 0.15) is 29.0 Å². The number of carbonyl (C=O) groups excluding carboxylic acids is 1. The fourth-order valence-corrected chi connectivity index (χ4v) is 5.05. The third kappa shape index (κ3) is 4.25. The molecule has 7 heteroatoms. The molecule has 0 saturated carbocycles. The van der Waals surface area contributed by atoms with E-state index in [1.54, 1.807) is 18.3 Å². The lowest BCUT2D eigenvalue weighted by molar-refractivity contribution is -0.164. The van der Waals surface area contributed by atoms with Gasteiger partial charge in [-0.1, -0.05) is 42.5 Å². The maximum atomic E-state index is 13.8. The Hall–Kier alpha value is -3.55. The molecule has 3 N–H and O–H groups in total. The van der Waals surface area contributed by atoms with Gasteiger partial charge in [0.1, 0.15) is 4.90 Å². The molecule has 1 amide bonds. The second kappa shape index (κ2) is 8.42. The number of aryl methyl sites for hydroxylation is 1. The topological polar surface area (TPSA) is 95.0 Å². The van der Waals surface area contributed by atoms with Crippen molar-refractivity contribution in [2.24, 2.45) is 0 Å². The molecule has 3 aromatic carbocycles. The van der Waals surface area contributed by atoms with Gasteiger partial charge in [-0.2, -0.15) is 8.42 Å². The van der Waals surface area contributed by atoms with E-state index < -0.39 is 10.0 Å². The molecule has 1 atom stereocenters. The van der Waals surface area contributed by atoms with E-state index in [0.717, 1.165) is 39.7 Å². The number of quaternary nitrogens is 1. The molecule has 166 valence electrons. The molecule has 0 fully saturated rings. The second-order valence-electron chi connectivity index (χ2n) is 8.36. The largest absolute Gasteiger partial charge is 0.322 e. The molecule has 33 heavy (non-hydrogen) atoms. The third-order valence-electron chi connectivity index (χ3n) is 6.20. The number of amides is 1. The molecular formula is C26H24N3O3S+. The van der Waals surface area contributed by atoms with Gasteiger partial charge < -0.3 is 4.90 Å². The van der Waals surface area contributed by atoms with Crippen LogP contribution < -0.4 is 10.0 Å². The predicted octanol–water partition coefficient (Wildman–Crippen LogP) is 3.43. The second-order valence-corrected chi connectivity index (χ2v) is 10.1. The predicted molar refractivity (Wildman–Crippen MR) is 127 cm³/mol. The molecule has 1 aromatic heterocycles. The summed E-state index contributed by atoms with van der Waals surface area (Å²) in [6, 6.07) is 24.5. The van der Waals surface area contributed by atoms with Gasteiger partial charge >= 0.3 is 10.0 Å². The van der Waals surface area contributed by atoms with Crippen LogP contribution in [0.3, 0.4) is 0 Å². The summed E-state index contributed by atoms with van der Waals surface area (Å²) in [6.45, 7) is 0.447. The van der Waals surface area contributed by atoms with Crippen LogP contribution in [-0.2, 0) is 27.8 Å². The molecule has 1 aliphatic heterocycles. The molecule has 2 heterocycles. The van der Waals surface area contributed by atoms with Crippen LogP contribution in [0.2, 0.25) is 0 Å². The Bertz CT molecular complexity index is 1450. The quantitative estimate of drug-likeness (QED) is 0.507. The zero-order chi connectivity index (χ0) is 23.0. The summed E-state index contributed by atoms with van der Waals surface area (Å²) >= 11 is 0. The molecule has 1 aliphatic rings. The molecule has 0 radical (unpaired) electrons. The van der Waals surface area contributed by atoms with E-state index in [1.165, 1.54) is 12.1 Å². The van der Waals surface area contributed by atoms with E-state index in [2.05, 4.69) is 22.3 Å². The Morgan fingerprint density at radius 1 is 0.970 bits per heavy atom. The lowest BCUT2D eigenvalue weighted by Crippen LogP contribution is -2.56. The Morgan fingerprint density at radius 2 is 1.76 bits per heavy atom. The summed E-state index contributed by atoms with van der Waals surface area (Å²) in [5.41, 5.74) is 4.81. The van der Waals surface area contributed by atoms with Crippen molar-refractivity contribution in [1.82, 2.24) is 4.98 Å². The highest BCUT2D eigenvalue weighted by molar-refractivity contribution is 7.84. The average molecular weight is 459 g/mol. The van der Waals surface area contributed by atoms with Crippen LogP contribution in [0, 0.1) is 0 Å². The molecule has 0 saturated heterocycles. The number of anilines is 1. The van der Waals surface area contributed by atoms with Gasteiger partial charge in [-0.15, -0.1) is 0 Å². The minimum Gasteiger partial charge on any atom is -0.307 e. The minimum atomic E-state index is -3.53. The van der Waals surface area contributed by atoms with Crippen LogP contribution in [-0.4, -0.2) is 19.3 Å². The first-order valence-electron chi connectivity index (χ1n) is 10.8. The van der Waals surface area contributed by atoms with Crippen molar-refractivity contribution in [2.45, 2.75) is 30.2 Å². The molecule has 6 nitrogen and oxygen atoms in total. The Labute approximate surface area is 192 Å². The number of carbonyl (C=O) groups is 1. The van der Waals surface area contributed by atoms with Crippen LogP contribution in [0.25, 0.3) is 10.9 Å². The van der Waals surface area contributed by atoms with E-state index >= 15 is 0 Å². The summed E-state index contributed by atoms with van der Waals surface area (Å²) in [5.74, 6) is -0.349. The van der Waals surface area contributed by atoms with Gasteiger partial charge in [-0.3, -0.25) is 9.78 Å². The number of sulfonamides is 1. The van der Waals surface area contributed by atoms with Crippen molar-refractivity contribution in [2.75, 3.05) is 4.90 Å². The normalized spacial score (nSPS) is 16.5. The van der Waals surface area contributed by atoms with Crippen molar-refractivity contribution in [3.63, 3.8) is 0 Å². The van der Waals surface area contributed by atoms with Crippen molar-refractivity contribution in [3.05, 3.63) is 102 Å². The maximum Gasteiger partial charge on any atom is 0.322 e. The number of hydrogen-bond acceptors (Lipinski definition) is 4. The highest BCUT2D eigenvalue weighted by atomic mass is 32.2. The van der Waals surface area contributed by atoms with E-state index in [0.29, 0.717) is 13.0 Å². The molecule has 0 spiro atoms. The lowest BCUT2D eigenvalue weighted by atomic mass is 9.92. The number of nitrogens with zero attached hydrogens (tertiary/aromatic N) is 2. The van der Waals surface area contributed by atoms with Crippen LogP contribution in [0.15, 0.2) is 90.0 Å². The standard InChI is InChI=1S/C26H23N3O3S/c27-33(31,32)22-11-8-19(9-12-22)23-13-10-20-4-1-2-6-25(20)29(26(23)30)17-18-7-14-24-21(16-18)5-3-15-28-24/h1-9,11-12,14-16,23H,10,13,17H2,(H2,27,31,32)/p+1/t23-/m0/s1. The maximum absolute atomic E-state index is 13.8. The van der Waals surface area contributed by atoms with Gasteiger partial charge in [0, 0.05) is 17.3 Å². The van der Waals surface area contributed by atoms with Gasteiger partial charge in [0.05, 0.1) is 18.0 Å². The summed E-state index contributed by atoms with van der Waals surface area (Å²) in [5, 5.41) is 4.25. The zero-order valence-corrected chi connectivity index (χ0v) is 18.8. The first kappa shape index (κ1) is 21.3. The zero-order valence-electron chi connectivity index (χ0n) is 18.0. The van der Waals surface area contributed by atoms with Crippen molar-refractivity contribution >= 4 is 32.5 Å². The lowest BCUT2D eigenvalue weighted by Gasteiger charge is -2.26. The Morgan fingerprint density at radius 3 is 2.55 bits per heavy atom. The van der Waals surface area contributed by atoms with E-state index in [-0.39, 0.29) is 16.7 Å². The monoisotopic (exact) mass is 458 g/mol. The van der Waals surface area contributed by atoms with Crippen LogP contribution >= 0.6 is 0 Å². The van der Waals surface area contributed by atoms with Gasteiger partial charge in [-0.05, 0) is 65.9 Å². The number of rotatable bonds is 4. The summed E-state index contributed by atoms with van der Waals surface area (Å²) < 4.78 is 23.5. The summed E-state index contributed by atoms with van der Waals surface area (Å²) in [7, 11) is -3.53. The van der Waals surface area contributed by atoms with E-state index in [1.807, 2.05) is 47.4 Å². The smallest absolute Gasteiger partial charge is 0.307 e. The van der Waals surface area contributed by atoms with Crippen molar-refractivity contribution < 1.29 is 18.4 Å². The van der Waals surface area contributed by atoms with Gasteiger partial charge in [0.15, 0.2) is 0 Å². The molecule has 0 bridgehead atoms. The summed E-state index contributed by atoms with van der Waals surface area (Å²) in [6.07, 6.45) is 3.19. The van der Waals surface area contributed by atoms with Crippen molar-refractivity contribution in [1.29, 1.82) is 0 Å². The van der Waals surface area contributed by atoms with Gasteiger partial charge in [0.25, 0.3) is 0 Å². The number of pyridine rings is 1. The Kier molecular flexibility index (Phi) is 5.44. The first-order valence-corrected chi connectivity index (χ1v) is 12.5. The molecule has 4 aromatic rings. The number of fused-ring (bicyclic) bond motifs is 2. The highest BCUT2D eigenvalue weighted by Crippen LogP contribution is 2.35. The fourth-order valence-electron chi connectivity index (χ4n) is 4.50. The average Bonchev–Trinajstić information content (AvgIpc) is 2.95. The number of hydrogen-bond donors (Lipinski definition) is 1. The van der Waals surface area contributed by atoms with Crippen LogP contribution in [0.4, 0.5) is 5.69 Å². The van der Waals surface area contributed by atoms with Gasteiger partial charge in [-0.25, -0.2) is 5.14 Å². The van der Waals surface area contributed by atoms with Crippen LogP contribution in [0.5, 0.6) is 0 Å². The number of aromatic nitrogens is 1. The third-order valence-corrected chi connectivity index (χ3v) is 7.19. The van der Waals surface area contributed by atoms with Crippen molar-refractivity contribution in [3.8, 4) is 0 Å². The number of para-hydroxylation sites is 1. The molecule has 5 rings (SSSR count). The number of benzene rings is 3.